The Hall–Kier alpha value is -2.71. The predicted octanol–water partition coefficient (Wildman–Crippen LogP) is 4.89. The number of nitrogens with zero attached hydrogens (tertiary/aromatic N) is 1. The molecule has 0 aliphatic heterocycles. The van der Waals surface area contributed by atoms with Crippen molar-refractivity contribution in [3.05, 3.63) is 58.6 Å². The number of rotatable bonds is 6. The maximum atomic E-state index is 11.6. The van der Waals surface area contributed by atoms with Crippen LogP contribution < -0.4 is 10.1 Å². The maximum Gasteiger partial charge on any atom is 0.407 e. The van der Waals surface area contributed by atoms with Gasteiger partial charge in [0.05, 0.1) is 5.56 Å². The Labute approximate surface area is 152 Å². The van der Waals surface area contributed by atoms with Gasteiger partial charge in [0.1, 0.15) is 24.2 Å². The number of nitrogens with one attached hydrogen (secondary N) is 1. The largest absolute Gasteiger partial charge is 0.456 e. The fraction of sp³-hybridized carbons (Fsp3) is 0.263. The van der Waals surface area contributed by atoms with Crippen LogP contribution >= 0.6 is 11.6 Å². The van der Waals surface area contributed by atoms with Crippen molar-refractivity contribution in [1.29, 1.82) is 5.26 Å². The van der Waals surface area contributed by atoms with Gasteiger partial charge in [-0.1, -0.05) is 37.6 Å². The van der Waals surface area contributed by atoms with E-state index < -0.39 is 6.09 Å². The molecule has 2 aromatic rings. The van der Waals surface area contributed by atoms with Crippen molar-refractivity contribution in [3.63, 3.8) is 0 Å². The minimum atomic E-state index is -0.457. The average molecular weight is 359 g/mol. The quantitative estimate of drug-likeness (QED) is 0.798. The van der Waals surface area contributed by atoms with Gasteiger partial charge in [-0.25, -0.2) is 4.79 Å². The number of ether oxygens (including phenoxy) is 2. The monoisotopic (exact) mass is 358 g/mol. The van der Waals surface area contributed by atoms with Crippen molar-refractivity contribution in [2.45, 2.75) is 20.5 Å². The molecule has 0 aromatic heterocycles. The van der Waals surface area contributed by atoms with E-state index in [2.05, 4.69) is 11.4 Å². The van der Waals surface area contributed by atoms with E-state index >= 15 is 0 Å². The highest BCUT2D eigenvalue weighted by Gasteiger charge is 2.08. The van der Waals surface area contributed by atoms with Gasteiger partial charge in [0.2, 0.25) is 0 Å². The lowest BCUT2D eigenvalue weighted by atomic mass is 10.2. The predicted molar refractivity (Wildman–Crippen MR) is 95.7 cm³/mol. The Morgan fingerprint density at radius 3 is 2.80 bits per heavy atom. The molecule has 0 radical (unpaired) electrons. The summed E-state index contributed by atoms with van der Waals surface area (Å²) in [5.41, 5.74) is 1.16. The third kappa shape index (κ3) is 6.02. The van der Waals surface area contributed by atoms with Crippen LogP contribution in [0.4, 0.5) is 4.79 Å². The van der Waals surface area contributed by atoms with Gasteiger partial charge in [0.15, 0.2) is 0 Å². The average Bonchev–Trinajstić information content (AvgIpc) is 2.59. The lowest BCUT2D eigenvalue weighted by molar-refractivity contribution is 0.138. The molecule has 0 fully saturated rings. The van der Waals surface area contributed by atoms with E-state index in [1.165, 1.54) is 0 Å². The molecule has 0 unspecified atom stereocenters. The number of amides is 1. The van der Waals surface area contributed by atoms with E-state index in [1.807, 2.05) is 19.9 Å². The molecule has 2 aromatic carbocycles. The van der Waals surface area contributed by atoms with E-state index in [4.69, 9.17) is 26.3 Å². The van der Waals surface area contributed by atoms with Crippen LogP contribution in [0.1, 0.15) is 25.0 Å². The molecule has 0 bridgehead atoms. The lowest BCUT2D eigenvalue weighted by Crippen LogP contribution is -2.27. The van der Waals surface area contributed by atoms with Gasteiger partial charge in [0, 0.05) is 17.6 Å². The maximum absolute atomic E-state index is 11.6. The van der Waals surface area contributed by atoms with Gasteiger partial charge in [-0.3, -0.25) is 0 Å². The molecule has 0 saturated carbocycles. The molecule has 0 aliphatic carbocycles. The van der Waals surface area contributed by atoms with Crippen molar-refractivity contribution in [1.82, 2.24) is 5.32 Å². The standard InChI is InChI=1S/C19H19ClN2O3/c1-13(2)11-22-19(23)24-12-14-4-3-5-17(8-14)25-18-9-16(20)7-6-15(18)10-21/h3-9,13H,11-12H2,1-2H3,(H,22,23). The summed E-state index contributed by atoms with van der Waals surface area (Å²) in [6.07, 6.45) is -0.457. The van der Waals surface area contributed by atoms with Crippen LogP contribution in [0.15, 0.2) is 42.5 Å². The first-order valence-corrected chi connectivity index (χ1v) is 8.23. The number of carbonyl (C=O) groups is 1. The van der Waals surface area contributed by atoms with Crippen LogP contribution in [0.3, 0.4) is 0 Å². The molecule has 0 heterocycles. The van der Waals surface area contributed by atoms with E-state index in [9.17, 15) is 4.79 Å². The number of hydrogen-bond donors (Lipinski definition) is 1. The Balaban J connectivity index is 2.01. The van der Waals surface area contributed by atoms with Gasteiger partial charge < -0.3 is 14.8 Å². The van der Waals surface area contributed by atoms with Crippen LogP contribution in [0.2, 0.25) is 5.02 Å². The molecule has 130 valence electrons. The van der Waals surface area contributed by atoms with E-state index in [0.717, 1.165) is 5.56 Å². The van der Waals surface area contributed by atoms with Crippen molar-refractivity contribution < 1.29 is 14.3 Å². The Morgan fingerprint density at radius 2 is 2.08 bits per heavy atom. The molecular weight excluding hydrogens is 340 g/mol. The number of nitriles is 1. The molecule has 25 heavy (non-hydrogen) atoms. The Kier molecular flexibility index (Phi) is 6.67. The first kappa shape index (κ1) is 18.6. The Morgan fingerprint density at radius 1 is 1.28 bits per heavy atom. The summed E-state index contributed by atoms with van der Waals surface area (Å²) in [7, 11) is 0. The molecule has 6 heteroatoms. The first-order chi connectivity index (χ1) is 12.0. The second-order valence-electron chi connectivity index (χ2n) is 5.85. The minimum absolute atomic E-state index is 0.127. The fourth-order valence-corrected chi connectivity index (χ4v) is 2.15. The third-order valence-corrected chi connectivity index (χ3v) is 3.45. The van der Waals surface area contributed by atoms with Crippen LogP contribution in [0, 0.1) is 17.2 Å². The number of carbonyl (C=O) groups excluding carboxylic acids is 1. The summed E-state index contributed by atoms with van der Waals surface area (Å²) in [4.78, 5) is 11.6. The SMILES string of the molecule is CC(C)CNC(=O)OCc1cccc(Oc2cc(Cl)ccc2C#N)c1. The molecule has 5 nitrogen and oxygen atoms in total. The van der Waals surface area contributed by atoms with E-state index in [1.54, 1.807) is 36.4 Å². The van der Waals surface area contributed by atoms with Gasteiger partial charge in [0.25, 0.3) is 0 Å². The molecule has 2 rings (SSSR count). The summed E-state index contributed by atoms with van der Waals surface area (Å²) in [6.45, 7) is 4.70. The number of benzene rings is 2. The van der Waals surface area contributed by atoms with Gasteiger partial charge in [-0.2, -0.15) is 5.26 Å². The molecular formula is C19H19ClN2O3. The normalized spacial score (nSPS) is 10.2. The highest BCUT2D eigenvalue weighted by molar-refractivity contribution is 6.30. The van der Waals surface area contributed by atoms with Crippen LogP contribution in [0.25, 0.3) is 0 Å². The zero-order valence-corrected chi connectivity index (χ0v) is 14.8. The van der Waals surface area contributed by atoms with Crippen LogP contribution in [0.5, 0.6) is 11.5 Å². The highest BCUT2D eigenvalue weighted by atomic mass is 35.5. The smallest absolute Gasteiger partial charge is 0.407 e. The second kappa shape index (κ2) is 8.95. The molecule has 0 aliphatic rings. The summed E-state index contributed by atoms with van der Waals surface area (Å²) in [5.74, 6) is 1.27. The van der Waals surface area contributed by atoms with Crippen LogP contribution in [-0.2, 0) is 11.3 Å². The number of alkyl carbamates (subject to hydrolysis) is 1. The second-order valence-corrected chi connectivity index (χ2v) is 6.29. The van der Waals surface area contributed by atoms with Gasteiger partial charge in [-0.15, -0.1) is 0 Å². The summed E-state index contributed by atoms with van der Waals surface area (Å²) in [5, 5.41) is 12.3. The molecule has 0 spiro atoms. The lowest BCUT2D eigenvalue weighted by Gasteiger charge is -2.11. The van der Waals surface area contributed by atoms with Crippen molar-refractivity contribution in [2.75, 3.05) is 6.54 Å². The third-order valence-electron chi connectivity index (χ3n) is 3.21. The topological polar surface area (TPSA) is 71.3 Å². The number of hydrogen-bond acceptors (Lipinski definition) is 4. The minimum Gasteiger partial charge on any atom is -0.456 e. The number of halogens is 1. The van der Waals surface area contributed by atoms with Crippen molar-refractivity contribution in [2.24, 2.45) is 5.92 Å². The van der Waals surface area contributed by atoms with Gasteiger partial charge in [-0.05, 0) is 35.7 Å². The van der Waals surface area contributed by atoms with Crippen molar-refractivity contribution >= 4 is 17.7 Å². The van der Waals surface area contributed by atoms with Gasteiger partial charge >= 0.3 is 6.09 Å². The van der Waals surface area contributed by atoms with Crippen LogP contribution in [-0.4, -0.2) is 12.6 Å². The zero-order valence-electron chi connectivity index (χ0n) is 14.1. The van der Waals surface area contributed by atoms with E-state index in [0.29, 0.717) is 34.5 Å². The molecule has 0 atom stereocenters. The summed E-state index contributed by atoms with van der Waals surface area (Å²) in [6, 6.07) is 14.0. The zero-order chi connectivity index (χ0) is 18.2. The fourth-order valence-electron chi connectivity index (χ4n) is 1.99. The summed E-state index contributed by atoms with van der Waals surface area (Å²) < 4.78 is 10.9. The summed E-state index contributed by atoms with van der Waals surface area (Å²) >= 11 is 5.95. The molecule has 0 saturated heterocycles. The first-order valence-electron chi connectivity index (χ1n) is 7.85. The molecule has 1 N–H and O–H groups in total. The Bertz CT molecular complexity index is 784. The molecule has 1 amide bonds. The van der Waals surface area contributed by atoms with Crippen molar-refractivity contribution in [3.8, 4) is 17.6 Å². The van der Waals surface area contributed by atoms with E-state index in [-0.39, 0.29) is 6.61 Å². The highest BCUT2D eigenvalue weighted by Crippen LogP contribution is 2.28.